The highest BCUT2D eigenvalue weighted by atomic mass is 32.2. The van der Waals surface area contributed by atoms with Gasteiger partial charge in [0.1, 0.15) is 18.3 Å². The highest BCUT2D eigenvalue weighted by Gasteiger charge is 2.32. The zero-order chi connectivity index (χ0) is 28.6. The molecule has 0 saturated carbocycles. The van der Waals surface area contributed by atoms with Crippen molar-refractivity contribution in [2.45, 2.75) is 57.6 Å². The van der Waals surface area contributed by atoms with Crippen LogP contribution in [-0.2, 0) is 26.2 Å². The molecular weight excluding hydrogens is 514 g/mol. The first kappa shape index (κ1) is 29.7. The molecular formula is C30H37N3O5S. The van der Waals surface area contributed by atoms with Gasteiger partial charge in [-0.15, -0.1) is 0 Å². The lowest BCUT2D eigenvalue weighted by molar-refractivity contribution is -0.139. The molecule has 9 heteroatoms. The number of hydrogen-bond acceptors (Lipinski definition) is 5. The van der Waals surface area contributed by atoms with Crippen molar-refractivity contribution in [2.24, 2.45) is 0 Å². The number of rotatable bonds is 12. The van der Waals surface area contributed by atoms with Gasteiger partial charge in [0.05, 0.1) is 17.7 Å². The lowest BCUT2D eigenvalue weighted by Crippen LogP contribution is -2.52. The number of aryl methyl sites for hydroxylation is 1. The summed E-state index contributed by atoms with van der Waals surface area (Å²) in [6, 6.07) is 21.3. The lowest BCUT2D eigenvalue weighted by atomic mass is 10.1. The fraction of sp³-hybridized carbons (Fsp3) is 0.333. The van der Waals surface area contributed by atoms with Crippen molar-refractivity contribution in [1.29, 1.82) is 0 Å². The molecule has 0 aromatic heterocycles. The number of nitrogens with one attached hydrogen (secondary N) is 1. The van der Waals surface area contributed by atoms with Crippen molar-refractivity contribution < 1.29 is 22.7 Å². The fourth-order valence-corrected chi connectivity index (χ4v) is 5.50. The van der Waals surface area contributed by atoms with Crippen molar-refractivity contribution in [1.82, 2.24) is 10.2 Å². The molecule has 0 fully saturated rings. The molecule has 2 amide bonds. The zero-order valence-corrected chi connectivity index (χ0v) is 23.9. The molecule has 0 heterocycles. The lowest BCUT2D eigenvalue weighted by Gasteiger charge is -2.32. The summed E-state index contributed by atoms with van der Waals surface area (Å²) in [7, 11) is -2.64. The Kier molecular flexibility index (Phi) is 10.1. The molecule has 8 nitrogen and oxygen atoms in total. The first-order valence-electron chi connectivity index (χ1n) is 12.9. The second kappa shape index (κ2) is 13.3. The van der Waals surface area contributed by atoms with Crippen molar-refractivity contribution in [3.05, 3.63) is 90.0 Å². The van der Waals surface area contributed by atoms with E-state index in [1.165, 1.54) is 24.1 Å². The Morgan fingerprint density at radius 3 is 2.28 bits per heavy atom. The molecule has 3 aromatic carbocycles. The van der Waals surface area contributed by atoms with Gasteiger partial charge in [-0.05, 0) is 57.0 Å². The van der Waals surface area contributed by atoms with Crippen LogP contribution >= 0.6 is 0 Å². The fourth-order valence-electron chi connectivity index (χ4n) is 4.07. The van der Waals surface area contributed by atoms with Crippen molar-refractivity contribution in [2.75, 3.05) is 18.0 Å². The number of carbonyl (C=O) groups excluding carboxylic acids is 2. The number of benzene rings is 3. The van der Waals surface area contributed by atoms with E-state index in [2.05, 4.69) is 5.32 Å². The van der Waals surface area contributed by atoms with Gasteiger partial charge in [0, 0.05) is 18.7 Å². The first-order chi connectivity index (χ1) is 18.6. The molecule has 0 spiro atoms. The summed E-state index contributed by atoms with van der Waals surface area (Å²) in [6.45, 7) is 7.11. The van der Waals surface area contributed by atoms with Crippen LogP contribution in [0.15, 0.2) is 83.8 Å². The topological polar surface area (TPSA) is 96.0 Å². The van der Waals surface area contributed by atoms with E-state index >= 15 is 0 Å². The molecule has 0 aliphatic heterocycles. The van der Waals surface area contributed by atoms with Crippen LogP contribution in [0.25, 0.3) is 0 Å². The molecule has 1 N–H and O–H groups in total. The third kappa shape index (κ3) is 7.60. The van der Waals surface area contributed by atoms with Gasteiger partial charge in [0.2, 0.25) is 11.8 Å². The summed E-state index contributed by atoms with van der Waals surface area (Å²) in [5.41, 5.74) is 2.13. The minimum absolute atomic E-state index is 0.0495. The monoisotopic (exact) mass is 551 g/mol. The van der Waals surface area contributed by atoms with Crippen LogP contribution in [0.2, 0.25) is 0 Å². The van der Waals surface area contributed by atoms with Gasteiger partial charge in [0.25, 0.3) is 10.0 Å². The molecule has 0 saturated heterocycles. The van der Waals surface area contributed by atoms with Gasteiger partial charge in [-0.1, -0.05) is 61.0 Å². The Bertz CT molecular complexity index is 1380. The highest BCUT2D eigenvalue weighted by molar-refractivity contribution is 7.92. The van der Waals surface area contributed by atoms with Crippen LogP contribution in [0.4, 0.5) is 5.69 Å². The van der Waals surface area contributed by atoms with Crippen LogP contribution in [-0.4, -0.2) is 50.9 Å². The number of hydrogen-bond donors (Lipinski definition) is 1. The molecule has 2 atom stereocenters. The minimum Gasteiger partial charge on any atom is -0.497 e. The van der Waals surface area contributed by atoms with E-state index in [0.29, 0.717) is 5.75 Å². The minimum atomic E-state index is -4.13. The molecule has 39 heavy (non-hydrogen) atoms. The van der Waals surface area contributed by atoms with E-state index < -0.39 is 28.5 Å². The molecule has 0 aliphatic carbocycles. The molecule has 3 rings (SSSR count). The molecule has 3 aromatic rings. The van der Waals surface area contributed by atoms with E-state index in [-0.39, 0.29) is 29.1 Å². The van der Waals surface area contributed by atoms with Gasteiger partial charge in [-0.25, -0.2) is 8.42 Å². The summed E-state index contributed by atoms with van der Waals surface area (Å²) in [5.74, 6) is -0.360. The molecule has 0 aliphatic rings. The quantitative estimate of drug-likeness (QED) is 0.357. The maximum absolute atomic E-state index is 14.0. The van der Waals surface area contributed by atoms with Crippen LogP contribution in [0, 0.1) is 6.92 Å². The van der Waals surface area contributed by atoms with Crippen molar-refractivity contribution in [3.63, 3.8) is 0 Å². The van der Waals surface area contributed by atoms with Crippen LogP contribution in [0.5, 0.6) is 5.75 Å². The average molecular weight is 552 g/mol. The van der Waals surface area contributed by atoms with Gasteiger partial charge < -0.3 is 15.0 Å². The SMILES string of the molecule is CC[C@@H](C)NC(=O)[C@H](C)N(Cc1cccc(C)c1)C(=O)CN(c1cccc(OC)c1)S(=O)(=O)c1ccccc1. The Morgan fingerprint density at radius 1 is 0.949 bits per heavy atom. The predicted molar refractivity (Wildman–Crippen MR) is 153 cm³/mol. The second-order valence-corrected chi connectivity index (χ2v) is 11.4. The number of amides is 2. The van der Waals surface area contributed by atoms with Gasteiger partial charge in [0.15, 0.2) is 0 Å². The smallest absolute Gasteiger partial charge is 0.264 e. The van der Waals surface area contributed by atoms with Crippen molar-refractivity contribution in [3.8, 4) is 5.75 Å². The molecule has 0 unspecified atom stereocenters. The average Bonchev–Trinajstić information content (AvgIpc) is 2.94. The summed E-state index contributed by atoms with van der Waals surface area (Å²) in [6.07, 6.45) is 0.739. The van der Waals surface area contributed by atoms with Gasteiger partial charge in [-0.3, -0.25) is 13.9 Å². The van der Waals surface area contributed by atoms with Crippen LogP contribution in [0.1, 0.15) is 38.3 Å². The molecule has 0 bridgehead atoms. The third-order valence-electron chi connectivity index (χ3n) is 6.56. The second-order valence-electron chi connectivity index (χ2n) is 9.53. The molecule has 0 radical (unpaired) electrons. The van der Waals surface area contributed by atoms with E-state index in [1.54, 1.807) is 49.4 Å². The molecule has 208 valence electrons. The number of methoxy groups -OCH3 is 1. The highest BCUT2D eigenvalue weighted by Crippen LogP contribution is 2.27. The van der Waals surface area contributed by atoms with E-state index in [1.807, 2.05) is 45.0 Å². The van der Waals surface area contributed by atoms with Gasteiger partial charge in [-0.2, -0.15) is 0 Å². The Balaban J connectivity index is 2.03. The summed E-state index contributed by atoms with van der Waals surface area (Å²) >= 11 is 0. The Labute approximate surface area is 231 Å². The van der Waals surface area contributed by atoms with Crippen LogP contribution in [0.3, 0.4) is 0 Å². The van der Waals surface area contributed by atoms with Gasteiger partial charge >= 0.3 is 0 Å². The third-order valence-corrected chi connectivity index (χ3v) is 8.34. The first-order valence-corrected chi connectivity index (χ1v) is 14.4. The van der Waals surface area contributed by atoms with Crippen LogP contribution < -0.4 is 14.4 Å². The maximum Gasteiger partial charge on any atom is 0.264 e. The van der Waals surface area contributed by atoms with E-state index in [0.717, 1.165) is 21.9 Å². The number of anilines is 1. The summed E-state index contributed by atoms with van der Waals surface area (Å²) in [5, 5.41) is 2.94. The summed E-state index contributed by atoms with van der Waals surface area (Å²) in [4.78, 5) is 28.6. The maximum atomic E-state index is 14.0. The zero-order valence-electron chi connectivity index (χ0n) is 23.1. The van der Waals surface area contributed by atoms with E-state index in [4.69, 9.17) is 4.74 Å². The number of carbonyl (C=O) groups is 2. The summed E-state index contributed by atoms with van der Waals surface area (Å²) < 4.78 is 34.0. The largest absolute Gasteiger partial charge is 0.497 e. The Morgan fingerprint density at radius 2 is 1.64 bits per heavy atom. The number of ether oxygens (including phenoxy) is 1. The van der Waals surface area contributed by atoms with Crippen molar-refractivity contribution >= 4 is 27.5 Å². The predicted octanol–water partition coefficient (Wildman–Crippen LogP) is 4.53. The van der Waals surface area contributed by atoms with E-state index in [9.17, 15) is 18.0 Å². The Hall–Kier alpha value is -3.85. The number of nitrogens with zero attached hydrogens (tertiary/aromatic N) is 2. The normalized spacial score (nSPS) is 12.7. The number of sulfonamides is 1. The standard InChI is InChI=1S/C30H37N3O5S/c1-6-23(3)31-30(35)24(4)32(20-25-13-10-12-22(2)18-25)29(34)21-33(26-14-11-15-27(19-26)38-5)39(36,37)28-16-8-7-9-17-28/h7-19,23-24H,6,20-21H2,1-5H3,(H,31,35)/t23-,24+/m1/s1.